The van der Waals surface area contributed by atoms with Crippen LogP contribution in [0.5, 0.6) is 11.6 Å². The number of pyridine rings is 1. The van der Waals surface area contributed by atoms with Gasteiger partial charge in [0.1, 0.15) is 5.82 Å². The van der Waals surface area contributed by atoms with Crippen molar-refractivity contribution in [2.24, 2.45) is 4.99 Å². The summed E-state index contributed by atoms with van der Waals surface area (Å²) in [5.74, 6) is -3.30. The summed E-state index contributed by atoms with van der Waals surface area (Å²) in [5, 5.41) is 9.47. The number of para-hydroxylation sites is 1. The van der Waals surface area contributed by atoms with Crippen molar-refractivity contribution in [1.29, 1.82) is 0 Å². The highest BCUT2D eigenvalue weighted by Crippen LogP contribution is 2.29. The van der Waals surface area contributed by atoms with Crippen LogP contribution in [-0.2, 0) is 0 Å². The van der Waals surface area contributed by atoms with Crippen molar-refractivity contribution in [2.45, 2.75) is 6.92 Å². The molecule has 1 aromatic heterocycles. The molecular formula is C19H14F3N3O2. The third-order valence-corrected chi connectivity index (χ3v) is 3.53. The number of nitrogens with one attached hydrogen (secondary N) is 1. The van der Waals surface area contributed by atoms with Gasteiger partial charge in [0.15, 0.2) is 17.5 Å². The number of rotatable bonds is 4. The van der Waals surface area contributed by atoms with Crippen LogP contribution in [0.1, 0.15) is 11.3 Å². The smallest absolute Gasteiger partial charge is 0.230 e. The Labute approximate surface area is 152 Å². The van der Waals surface area contributed by atoms with Crippen molar-refractivity contribution in [3.8, 4) is 11.6 Å². The predicted octanol–water partition coefficient (Wildman–Crippen LogP) is 4.66. The van der Waals surface area contributed by atoms with Crippen LogP contribution in [0.25, 0.3) is 0 Å². The number of hydrogen-bond acceptors (Lipinski definition) is 4. The standard InChI is InChI=1S/C19H14F3N3O2/c1-11-8-9-14(18(25-26)24-13-5-2-4-12(20)10-13)19(23-11)27-17-15(21)6-3-7-16(17)22/h2-10,26H,1H3,(H,24,25). The molecule has 2 N–H and O–H groups in total. The molecule has 2 aromatic carbocycles. The van der Waals surface area contributed by atoms with E-state index in [1.54, 1.807) is 13.0 Å². The monoisotopic (exact) mass is 373 g/mol. The van der Waals surface area contributed by atoms with Crippen LogP contribution < -0.4 is 10.2 Å². The molecule has 0 aliphatic carbocycles. The molecule has 0 radical (unpaired) electrons. The van der Waals surface area contributed by atoms with Gasteiger partial charge in [-0.05, 0) is 49.4 Å². The number of aryl methyl sites for hydroxylation is 1. The Morgan fingerprint density at radius 3 is 2.41 bits per heavy atom. The second-order valence-corrected chi connectivity index (χ2v) is 5.51. The van der Waals surface area contributed by atoms with Gasteiger partial charge in [-0.3, -0.25) is 10.7 Å². The zero-order chi connectivity index (χ0) is 19.4. The summed E-state index contributed by atoms with van der Waals surface area (Å²) in [6.07, 6.45) is 0. The number of aromatic nitrogens is 1. The Balaban J connectivity index is 2.07. The first-order valence-corrected chi connectivity index (χ1v) is 7.82. The number of hydrogen-bond donors (Lipinski definition) is 2. The van der Waals surface area contributed by atoms with E-state index in [9.17, 15) is 18.4 Å². The first-order valence-electron chi connectivity index (χ1n) is 7.82. The minimum absolute atomic E-state index is 0.120. The fraction of sp³-hybridized carbons (Fsp3) is 0.0526. The molecule has 3 aromatic rings. The Morgan fingerprint density at radius 2 is 1.74 bits per heavy atom. The molecular weight excluding hydrogens is 359 g/mol. The van der Waals surface area contributed by atoms with Crippen molar-refractivity contribution < 1.29 is 23.1 Å². The lowest BCUT2D eigenvalue weighted by Gasteiger charge is -2.13. The van der Waals surface area contributed by atoms with Gasteiger partial charge in [0.25, 0.3) is 0 Å². The molecule has 1 heterocycles. The van der Waals surface area contributed by atoms with Crippen LogP contribution in [0.4, 0.5) is 18.9 Å². The number of nitrogens with zero attached hydrogens (tertiary/aromatic N) is 2. The molecule has 8 heteroatoms. The lowest BCUT2D eigenvalue weighted by atomic mass is 10.2. The second kappa shape index (κ2) is 7.88. The Hall–Kier alpha value is -3.39. The Morgan fingerprint density at radius 1 is 1.04 bits per heavy atom. The van der Waals surface area contributed by atoms with Gasteiger partial charge in [-0.1, -0.05) is 12.1 Å². The van der Waals surface area contributed by atoms with Gasteiger partial charge in [-0.25, -0.2) is 23.1 Å². The minimum atomic E-state index is -0.912. The average Bonchev–Trinajstić information content (AvgIpc) is 2.63. The van der Waals surface area contributed by atoms with Crippen molar-refractivity contribution >= 4 is 11.5 Å². The summed E-state index contributed by atoms with van der Waals surface area (Å²) in [7, 11) is 0. The first kappa shape index (κ1) is 18.4. The number of benzene rings is 2. The summed E-state index contributed by atoms with van der Waals surface area (Å²) in [4.78, 5) is 8.21. The number of hydroxylamine groups is 1. The number of ether oxygens (including phenoxy) is 1. The van der Waals surface area contributed by atoms with Crippen LogP contribution in [0.15, 0.2) is 59.6 Å². The Bertz CT molecular complexity index is 989. The summed E-state index contributed by atoms with van der Waals surface area (Å²) < 4.78 is 46.5. The summed E-state index contributed by atoms with van der Waals surface area (Å²) >= 11 is 0. The lowest BCUT2D eigenvalue weighted by molar-refractivity contribution is 0.234. The second-order valence-electron chi connectivity index (χ2n) is 5.51. The van der Waals surface area contributed by atoms with Crippen LogP contribution in [0.3, 0.4) is 0 Å². The quantitative estimate of drug-likeness (QED) is 0.397. The van der Waals surface area contributed by atoms with Crippen LogP contribution in [0, 0.1) is 24.4 Å². The Kier molecular flexibility index (Phi) is 5.37. The highest BCUT2D eigenvalue weighted by atomic mass is 19.1. The van der Waals surface area contributed by atoms with Gasteiger partial charge in [0, 0.05) is 5.69 Å². The minimum Gasteiger partial charge on any atom is -0.432 e. The first-order chi connectivity index (χ1) is 13.0. The fourth-order valence-electron chi connectivity index (χ4n) is 2.29. The highest BCUT2D eigenvalue weighted by Gasteiger charge is 2.18. The van der Waals surface area contributed by atoms with E-state index in [4.69, 9.17) is 4.74 Å². The third kappa shape index (κ3) is 4.24. The van der Waals surface area contributed by atoms with E-state index in [0.29, 0.717) is 5.69 Å². The van der Waals surface area contributed by atoms with Crippen molar-refractivity contribution in [2.75, 3.05) is 0 Å². The molecule has 0 bridgehead atoms. The van der Waals surface area contributed by atoms with Crippen molar-refractivity contribution in [3.63, 3.8) is 0 Å². The predicted molar refractivity (Wildman–Crippen MR) is 92.9 cm³/mol. The number of halogens is 3. The van der Waals surface area contributed by atoms with E-state index in [0.717, 1.165) is 18.2 Å². The van der Waals surface area contributed by atoms with Gasteiger partial charge in [-0.2, -0.15) is 0 Å². The normalized spacial score (nSPS) is 11.4. The van der Waals surface area contributed by atoms with Crippen LogP contribution >= 0.6 is 0 Å². The molecule has 0 aliphatic rings. The van der Waals surface area contributed by atoms with Gasteiger partial charge in [0.2, 0.25) is 11.6 Å². The van der Waals surface area contributed by atoms with Gasteiger partial charge < -0.3 is 4.74 Å². The molecule has 3 rings (SSSR count). The van der Waals surface area contributed by atoms with Crippen LogP contribution in [0.2, 0.25) is 0 Å². The number of aliphatic imine (C=N–C) groups is 1. The maximum atomic E-state index is 13.9. The SMILES string of the molecule is Cc1ccc(C(=Nc2cccc(F)c2)NO)c(Oc2c(F)cccc2F)n1. The zero-order valence-electron chi connectivity index (χ0n) is 14.1. The molecule has 27 heavy (non-hydrogen) atoms. The third-order valence-electron chi connectivity index (χ3n) is 3.53. The summed E-state index contributed by atoms with van der Waals surface area (Å²) in [6.45, 7) is 1.66. The molecule has 138 valence electrons. The summed E-state index contributed by atoms with van der Waals surface area (Å²) in [6, 6.07) is 11.7. The molecule has 0 aliphatic heterocycles. The van der Waals surface area contributed by atoms with Crippen LogP contribution in [-0.4, -0.2) is 16.0 Å². The maximum absolute atomic E-state index is 13.9. The average molecular weight is 373 g/mol. The van der Waals surface area contributed by atoms with Gasteiger partial charge in [0.05, 0.1) is 11.3 Å². The lowest BCUT2D eigenvalue weighted by Crippen LogP contribution is -2.21. The molecule has 0 spiro atoms. The topological polar surface area (TPSA) is 66.7 Å². The largest absolute Gasteiger partial charge is 0.432 e. The van der Waals surface area contributed by atoms with E-state index in [-0.39, 0.29) is 23.0 Å². The van der Waals surface area contributed by atoms with E-state index in [1.165, 1.54) is 30.3 Å². The zero-order valence-corrected chi connectivity index (χ0v) is 14.1. The van der Waals surface area contributed by atoms with E-state index in [1.807, 2.05) is 5.48 Å². The summed E-state index contributed by atoms with van der Waals surface area (Å²) in [5.41, 5.74) is 2.71. The molecule has 0 atom stereocenters. The van der Waals surface area contributed by atoms with Crippen molar-refractivity contribution in [3.05, 3.63) is 83.3 Å². The molecule has 0 saturated carbocycles. The van der Waals surface area contributed by atoms with E-state index in [2.05, 4.69) is 9.98 Å². The molecule has 0 fully saturated rings. The molecule has 0 saturated heterocycles. The fourth-order valence-corrected chi connectivity index (χ4v) is 2.29. The molecule has 0 unspecified atom stereocenters. The van der Waals surface area contributed by atoms with E-state index >= 15 is 0 Å². The van der Waals surface area contributed by atoms with Crippen molar-refractivity contribution in [1.82, 2.24) is 10.5 Å². The molecule has 0 amide bonds. The maximum Gasteiger partial charge on any atom is 0.230 e. The number of amidine groups is 1. The highest BCUT2D eigenvalue weighted by molar-refractivity contribution is 6.01. The van der Waals surface area contributed by atoms with Gasteiger partial charge >= 0.3 is 0 Å². The van der Waals surface area contributed by atoms with E-state index < -0.39 is 23.2 Å². The van der Waals surface area contributed by atoms with Gasteiger partial charge in [-0.15, -0.1) is 0 Å². The molecule has 5 nitrogen and oxygen atoms in total.